The molecule has 1 aliphatic carbocycles. The van der Waals surface area contributed by atoms with E-state index in [1.54, 1.807) is 0 Å². The second-order valence-electron chi connectivity index (χ2n) is 6.83. The summed E-state index contributed by atoms with van der Waals surface area (Å²) in [5.41, 5.74) is 3.91. The molecular weight excluding hydrogens is 300 g/mol. The lowest BCUT2D eigenvalue weighted by Gasteiger charge is -2.14. The van der Waals surface area contributed by atoms with Crippen molar-refractivity contribution in [2.75, 3.05) is 25.0 Å². The Morgan fingerprint density at radius 2 is 2.12 bits per heavy atom. The van der Waals surface area contributed by atoms with Gasteiger partial charge in [0.05, 0.1) is 5.69 Å². The summed E-state index contributed by atoms with van der Waals surface area (Å²) in [5, 5.41) is 11.5. The van der Waals surface area contributed by atoms with E-state index in [9.17, 15) is 0 Å². The topological polar surface area (TPSA) is 67.7 Å². The molecule has 0 saturated heterocycles. The summed E-state index contributed by atoms with van der Waals surface area (Å²) in [4.78, 5) is 9.28. The summed E-state index contributed by atoms with van der Waals surface area (Å²) in [7, 11) is 0. The number of nitrogens with zero attached hydrogens (tertiary/aromatic N) is 4. The van der Waals surface area contributed by atoms with Crippen LogP contribution < -0.4 is 10.6 Å². The molecule has 0 aromatic carbocycles. The maximum Gasteiger partial charge on any atom is 0.133 e. The van der Waals surface area contributed by atoms with Gasteiger partial charge in [0.25, 0.3) is 0 Å². The predicted octanol–water partition coefficient (Wildman–Crippen LogP) is 2.05. The highest BCUT2D eigenvalue weighted by Crippen LogP contribution is 2.39. The third-order valence-corrected chi connectivity index (χ3v) is 4.88. The Balaban J connectivity index is 1.37. The van der Waals surface area contributed by atoms with Gasteiger partial charge in [-0.3, -0.25) is 4.68 Å². The predicted molar refractivity (Wildman–Crippen MR) is 94.4 cm³/mol. The quantitative estimate of drug-likeness (QED) is 0.795. The molecule has 2 N–H and O–H groups in total. The van der Waals surface area contributed by atoms with Crippen molar-refractivity contribution in [2.24, 2.45) is 0 Å². The number of hydrogen-bond acceptors (Lipinski definition) is 5. The molecule has 3 heterocycles. The Kier molecular flexibility index (Phi) is 4.47. The Morgan fingerprint density at radius 3 is 3.00 bits per heavy atom. The number of aryl methyl sites for hydroxylation is 2. The molecule has 2 aromatic heterocycles. The third-order valence-electron chi connectivity index (χ3n) is 4.88. The SMILES string of the molecule is Cc1nc2c(c(NCCCn3nccc3C3CC3)n1)CCNCC2. The average Bonchev–Trinajstić information content (AvgIpc) is 3.35. The zero-order valence-corrected chi connectivity index (χ0v) is 14.4. The van der Waals surface area contributed by atoms with Crippen molar-refractivity contribution in [3.63, 3.8) is 0 Å². The normalized spacial score (nSPS) is 17.4. The zero-order chi connectivity index (χ0) is 16.4. The molecule has 128 valence electrons. The van der Waals surface area contributed by atoms with Crippen LogP contribution in [0.2, 0.25) is 0 Å². The molecule has 0 spiro atoms. The van der Waals surface area contributed by atoms with E-state index in [0.717, 1.165) is 63.0 Å². The maximum absolute atomic E-state index is 4.65. The van der Waals surface area contributed by atoms with Crippen LogP contribution in [0.25, 0.3) is 0 Å². The molecule has 4 rings (SSSR count). The van der Waals surface area contributed by atoms with Crippen molar-refractivity contribution >= 4 is 5.82 Å². The molecule has 1 aliphatic heterocycles. The second-order valence-corrected chi connectivity index (χ2v) is 6.83. The van der Waals surface area contributed by atoms with Gasteiger partial charge >= 0.3 is 0 Å². The molecule has 0 atom stereocenters. The summed E-state index contributed by atoms with van der Waals surface area (Å²) >= 11 is 0. The van der Waals surface area contributed by atoms with Crippen LogP contribution in [0.15, 0.2) is 12.3 Å². The van der Waals surface area contributed by atoms with E-state index >= 15 is 0 Å². The van der Waals surface area contributed by atoms with Crippen LogP contribution in [0.5, 0.6) is 0 Å². The highest BCUT2D eigenvalue weighted by Gasteiger charge is 2.26. The first kappa shape index (κ1) is 15.6. The molecule has 2 aromatic rings. The molecule has 1 saturated carbocycles. The minimum absolute atomic E-state index is 0.758. The van der Waals surface area contributed by atoms with Crippen molar-refractivity contribution in [1.82, 2.24) is 25.1 Å². The molecular formula is C18H26N6. The van der Waals surface area contributed by atoms with Gasteiger partial charge in [-0.15, -0.1) is 0 Å². The maximum atomic E-state index is 4.65. The fourth-order valence-electron chi connectivity index (χ4n) is 3.51. The van der Waals surface area contributed by atoms with E-state index in [1.807, 2.05) is 13.1 Å². The van der Waals surface area contributed by atoms with E-state index in [1.165, 1.54) is 29.8 Å². The Bertz CT molecular complexity index is 704. The fraction of sp³-hybridized carbons (Fsp3) is 0.611. The highest BCUT2D eigenvalue weighted by molar-refractivity contribution is 5.47. The Morgan fingerprint density at radius 1 is 1.25 bits per heavy atom. The Labute approximate surface area is 143 Å². The van der Waals surface area contributed by atoms with Gasteiger partial charge in [0, 0.05) is 49.4 Å². The van der Waals surface area contributed by atoms with Gasteiger partial charge < -0.3 is 10.6 Å². The molecule has 0 radical (unpaired) electrons. The van der Waals surface area contributed by atoms with Crippen LogP contribution in [0.1, 0.15) is 48.0 Å². The monoisotopic (exact) mass is 326 g/mol. The molecule has 0 bridgehead atoms. The highest BCUT2D eigenvalue weighted by atomic mass is 15.3. The van der Waals surface area contributed by atoms with Gasteiger partial charge in [0.15, 0.2) is 0 Å². The van der Waals surface area contributed by atoms with Gasteiger partial charge in [-0.1, -0.05) is 0 Å². The van der Waals surface area contributed by atoms with Gasteiger partial charge in [-0.2, -0.15) is 5.10 Å². The number of anilines is 1. The second kappa shape index (κ2) is 6.89. The van der Waals surface area contributed by atoms with Crippen LogP contribution in [0.4, 0.5) is 5.82 Å². The number of hydrogen-bond donors (Lipinski definition) is 2. The van der Waals surface area contributed by atoms with E-state index in [-0.39, 0.29) is 0 Å². The lowest BCUT2D eigenvalue weighted by atomic mass is 10.1. The summed E-state index contributed by atoms with van der Waals surface area (Å²) in [6, 6.07) is 2.17. The van der Waals surface area contributed by atoms with E-state index in [4.69, 9.17) is 0 Å². The van der Waals surface area contributed by atoms with Crippen LogP contribution >= 0.6 is 0 Å². The average molecular weight is 326 g/mol. The first-order valence-electron chi connectivity index (χ1n) is 9.14. The molecule has 24 heavy (non-hydrogen) atoms. The summed E-state index contributed by atoms with van der Waals surface area (Å²) < 4.78 is 2.18. The molecule has 6 heteroatoms. The van der Waals surface area contributed by atoms with Gasteiger partial charge in [-0.05, 0) is 45.2 Å². The standard InChI is InChI=1S/C18H26N6/c1-13-22-16-6-10-19-9-5-15(16)18(23-13)20-8-2-12-24-17(7-11-21-24)14-3-4-14/h7,11,14,19H,2-6,8-10,12H2,1H3,(H,20,22,23). The number of rotatable bonds is 6. The first-order chi connectivity index (χ1) is 11.8. The number of aromatic nitrogens is 4. The van der Waals surface area contributed by atoms with Crippen molar-refractivity contribution in [3.05, 3.63) is 35.0 Å². The molecule has 6 nitrogen and oxygen atoms in total. The first-order valence-corrected chi connectivity index (χ1v) is 9.14. The van der Waals surface area contributed by atoms with Crippen molar-refractivity contribution in [2.45, 2.75) is 51.5 Å². The fourth-order valence-corrected chi connectivity index (χ4v) is 3.51. The van der Waals surface area contributed by atoms with Crippen LogP contribution in [-0.2, 0) is 19.4 Å². The number of fused-ring (bicyclic) bond motifs is 1. The molecule has 0 unspecified atom stereocenters. The number of nitrogens with one attached hydrogen (secondary N) is 2. The Hall–Kier alpha value is -1.95. The summed E-state index contributed by atoms with van der Waals surface area (Å²) in [6.07, 6.45) is 7.63. The minimum atomic E-state index is 0.758. The van der Waals surface area contributed by atoms with Crippen molar-refractivity contribution in [3.8, 4) is 0 Å². The van der Waals surface area contributed by atoms with Gasteiger partial charge in [0.2, 0.25) is 0 Å². The third kappa shape index (κ3) is 3.43. The van der Waals surface area contributed by atoms with Gasteiger partial charge in [-0.25, -0.2) is 9.97 Å². The van der Waals surface area contributed by atoms with Crippen molar-refractivity contribution < 1.29 is 0 Å². The van der Waals surface area contributed by atoms with Crippen LogP contribution in [-0.4, -0.2) is 39.4 Å². The van der Waals surface area contributed by atoms with E-state index < -0.39 is 0 Å². The zero-order valence-electron chi connectivity index (χ0n) is 14.4. The molecule has 1 fully saturated rings. The van der Waals surface area contributed by atoms with Gasteiger partial charge in [0.1, 0.15) is 11.6 Å². The van der Waals surface area contributed by atoms with Crippen molar-refractivity contribution in [1.29, 1.82) is 0 Å². The van der Waals surface area contributed by atoms with Crippen LogP contribution in [0.3, 0.4) is 0 Å². The molecule has 2 aliphatic rings. The minimum Gasteiger partial charge on any atom is -0.370 e. The smallest absolute Gasteiger partial charge is 0.133 e. The van der Waals surface area contributed by atoms with Crippen LogP contribution in [0, 0.1) is 6.92 Å². The van der Waals surface area contributed by atoms with E-state index in [2.05, 4.69) is 36.4 Å². The molecule has 0 amide bonds. The lowest BCUT2D eigenvalue weighted by Crippen LogP contribution is -2.16. The van der Waals surface area contributed by atoms with E-state index in [0.29, 0.717) is 0 Å². The lowest BCUT2D eigenvalue weighted by molar-refractivity contribution is 0.565. The summed E-state index contributed by atoms with van der Waals surface area (Å²) in [5.74, 6) is 2.65. The largest absolute Gasteiger partial charge is 0.370 e. The summed E-state index contributed by atoms with van der Waals surface area (Å²) in [6.45, 7) is 5.88.